The van der Waals surface area contributed by atoms with Crippen molar-refractivity contribution in [2.24, 2.45) is 11.7 Å². The van der Waals surface area contributed by atoms with E-state index in [0.717, 1.165) is 5.56 Å². The average molecular weight is 320 g/mol. The summed E-state index contributed by atoms with van der Waals surface area (Å²) in [6, 6.07) is 5.03. The van der Waals surface area contributed by atoms with Crippen LogP contribution in [0.2, 0.25) is 0 Å². The Labute approximate surface area is 136 Å². The van der Waals surface area contributed by atoms with Crippen LogP contribution in [-0.4, -0.2) is 37.4 Å². The molecular formula is C16H24N4O3. The van der Waals surface area contributed by atoms with Gasteiger partial charge in [-0.05, 0) is 36.6 Å². The lowest BCUT2D eigenvalue weighted by atomic mass is 10.1. The van der Waals surface area contributed by atoms with Gasteiger partial charge in [0.15, 0.2) is 0 Å². The van der Waals surface area contributed by atoms with E-state index in [2.05, 4.69) is 16.0 Å². The van der Waals surface area contributed by atoms with Gasteiger partial charge in [-0.15, -0.1) is 0 Å². The van der Waals surface area contributed by atoms with Crippen LogP contribution in [0, 0.1) is 12.8 Å². The number of nitrogens with two attached hydrogens (primary N) is 1. The lowest BCUT2D eigenvalue weighted by Crippen LogP contribution is -2.36. The maximum absolute atomic E-state index is 12.0. The van der Waals surface area contributed by atoms with Crippen molar-refractivity contribution < 1.29 is 14.4 Å². The van der Waals surface area contributed by atoms with E-state index in [0.29, 0.717) is 23.7 Å². The number of rotatable bonds is 7. The van der Waals surface area contributed by atoms with Crippen molar-refractivity contribution in [3.05, 3.63) is 29.3 Å². The van der Waals surface area contributed by atoms with Crippen LogP contribution in [0.3, 0.4) is 0 Å². The van der Waals surface area contributed by atoms with Crippen LogP contribution in [-0.2, 0) is 9.59 Å². The van der Waals surface area contributed by atoms with E-state index in [1.165, 1.54) is 0 Å². The number of amides is 3. The van der Waals surface area contributed by atoms with E-state index in [1.54, 1.807) is 25.1 Å². The number of hydrogen-bond acceptors (Lipinski definition) is 4. The quantitative estimate of drug-likeness (QED) is 0.582. The van der Waals surface area contributed by atoms with Crippen LogP contribution < -0.4 is 21.7 Å². The summed E-state index contributed by atoms with van der Waals surface area (Å²) < 4.78 is 0. The van der Waals surface area contributed by atoms with Gasteiger partial charge in [-0.2, -0.15) is 0 Å². The van der Waals surface area contributed by atoms with Crippen LogP contribution in [0.1, 0.15) is 29.8 Å². The molecule has 3 amide bonds. The molecule has 1 rings (SSSR count). The summed E-state index contributed by atoms with van der Waals surface area (Å²) in [5.41, 5.74) is 7.04. The molecule has 0 aromatic heterocycles. The van der Waals surface area contributed by atoms with Gasteiger partial charge in [0.05, 0.1) is 13.1 Å². The van der Waals surface area contributed by atoms with Gasteiger partial charge in [0.2, 0.25) is 11.8 Å². The molecule has 0 bridgehead atoms. The summed E-state index contributed by atoms with van der Waals surface area (Å²) in [4.78, 5) is 34.7. The van der Waals surface area contributed by atoms with Gasteiger partial charge in [-0.1, -0.05) is 13.8 Å². The van der Waals surface area contributed by atoms with Crippen molar-refractivity contribution in [1.82, 2.24) is 10.6 Å². The molecule has 0 radical (unpaired) electrons. The second kappa shape index (κ2) is 8.89. The van der Waals surface area contributed by atoms with Crippen LogP contribution in [0.4, 0.5) is 5.69 Å². The minimum Gasteiger partial charge on any atom is -0.352 e. The zero-order chi connectivity index (χ0) is 17.4. The molecule has 126 valence electrons. The van der Waals surface area contributed by atoms with Gasteiger partial charge in [0.25, 0.3) is 5.91 Å². The first kappa shape index (κ1) is 18.6. The van der Waals surface area contributed by atoms with Crippen LogP contribution >= 0.6 is 0 Å². The molecule has 0 heterocycles. The van der Waals surface area contributed by atoms with Crippen molar-refractivity contribution >= 4 is 23.4 Å². The lowest BCUT2D eigenvalue weighted by Gasteiger charge is -2.12. The van der Waals surface area contributed by atoms with Gasteiger partial charge >= 0.3 is 0 Å². The Kier molecular flexibility index (Phi) is 7.21. The van der Waals surface area contributed by atoms with Gasteiger partial charge in [0.1, 0.15) is 0 Å². The monoisotopic (exact) mass is 320 g/mol. The zero-order valence-corrected chi connectivity index (χ0v) is 13.7. The molecular weight excluding hydrogens is 296 g/mol. The molecule has 0 saturated heterocycles. The first-order valence-corrected chi connectivity index (χ1v) is 7.49. The first-order valence-electron chi connectivity index (χ1n) is 7.49. The Hall–Kier alpha value is -2.41. The van der Waals surface area contributed by atoms with Crippen molar-refractivity contribution in [3.8, 4) is 0 Å². The lowest BCUT2D eigenvalue weighted by molar-refractivity contribution is -0.123. The molecule has 0 atom stereocenters. The highest BCUT2D eigenvalue weighted by Gasteiger charge is 2.10. The molecule has 7 nitrogen and oxygen atoms in total. The standard InChI is InChI=1S/C16H24N4O3/c1-10(2)8-19-16(23)12-4-5-13(11(3)6-12)20-15(22)9-18-14(21)7-17/h4-6,10H,7-9,17H2,1-3H3,(H,18,21)(H,19,23)(H,20,22). The van der Waals surface area contributed by atoms with Crippen molar-refractivity contribution in [3.63, 3.8) is 0 Å². The first-order chi connectivity index (χ1) is 10.8. The summed E-state index contributed by atoms with van der Waals surface area (Å²) in [5.74, 6) is -0.516. The molecule has 7 heteroatoms. The highest BCUT2D eigenvalue weighted by molar-refractivity contribution is 5.97. The predicted octanol–water partition coefficient (Wildman–Crippen LogP) is 0.394. The minimum absolute atomic E-state index is 0.144. The maximum atomic E-state index is 12.0. The second-order valence-electron chi connectivity index (χ2n) is 5.66. The molecule has 1 aromatic rings. The van der Waals surface area contributed by atoms with Crippen molar-refractivity contribution in [2.45, 2.75) is 20.8 Å². The molecule has 1 aromatic carbocycles. The fourth-order valence-corrected chi connectivity index (χ4v) is 1.79. The van der Waals surface area contributed by atoms with E-state index < -0.39 is 5.91 Å². The zero-order valence-electron chi connectivity index (χ0n) is 13.7. The van der Waals surface area contributed by atoms with Crippen molar-refractivity contribution in [2.75, 3.05) is 25.0 Å². The fraction of sp³-hybridized carbons (Fsp3) is 0.438. The molecule has 0 spiro atoms. The largest absolute Gasteiger partial charge is 0.352 e. The highest BCUT2D eigenvalue weighted by atomic mass is 16.2. The topological polar surface area (TPSA) is 113 Å². The van der Waals surface area contributed by atoms with Crippen molar-refractivity contribution in [1.29, 1.82) is 0 Å². The SMILES string of the molecule is Cc1cc(C(=O)NCC(C)C)ccc1NC(=O)CNC(=O)CN. The van der Waals surface area contributed by atoms with Crippen LogP contribution in [0.5, 0.6) is 0 Å². The number of carbonyl (C=O) groups is 3. The summed E-state index contributed by atoms with van der Waals surface area (Å²) in [6.07, 6.45) is 0. The summed E-state index contributed by atoms with van der Waals surface area (Å²) in [7, 11) is 0. The number of hydrogen-bond donors (Lipinski definition) is 4. The van der Waals surface area contributed by atoms with E-state index in [1.807, 2.05) is 13.8 Å². The third kappa shape index (κ3) is 6.48. The Morgan fingerprint density at radius 2 is 1.83 bits per heavy atom. The van der Waals surface area contributed by atoms with E-state index in [9.17, 15) is 14.4 Å². The van der Waals surface area contributed by atoms with E-state index >= 15 is 0 Å². The number of aryl methyl sites for hydroxylation is 1. The number of benzene rings is 1. The summed E-state index contributed by atoms with van der Waals surface area (Å²) >= 11 is 0. The fourth-order valence-electron chi connectivity index (χ4n) is 1.79. The molecule has 0 aliphatic heterocycles. The molecule has 5 N–H and O–H groups in total. The third-order valence-electron chi connectivity index (χ3n) is 3.07. The molecule has 0 saturated carbocycles. The van der Waals surface area contributed by atoms with Crippen LogP contribution in [0.15, 0.2) is 18.2 Å². The Morgan fingerprint density at radius 3 is 2.39 bits per heavy atom. The smallest absolute Gasteiger partial charge is 0.251 e. The Morgan fingerprint density at radius 1 is 1.13 bits per heavy atom. The van der Waals surface area contributed by atoms with Gasteiger partial charge in [-0.25, -0.2) is 0 Å². The van der Waals surface area contributed by atoms with Gasteiger partial charge < -0.3 is 21.7 Å². The highest BCUT2D eigenvalue weighted by Crippen LogP contribution is 2.16. The summed E-state index contributed by atoms with van der Waals surface area (Å²) in [6.45, 7) is 6.14. The third-order valence-corrected chi connectivity index (χ3v) is 3.07. The molecule has 0 unspecified atom stereocenters. The molecule has 23 heavy (non-hydrogen) atoms. The Balaban J connectivity index is 2.64. The maximum Gasteiger partial charge on any atom is 0.251 e. The average Bonchev–Trinajstić information content (AvgIpc) is 2.52. The van der Waals surface area contributed by atoms with Gasteiger partial charge in [0, 0.05) is 17.8 Å². The number of nitrogens with one attached hydrogen (secondary N) is 3. The molecule has 0 fully saturated rings. The number of anilines is 1. The molecule has 0 aliphatic carbocycles. The second-order valence-corrected chi connectivity index (χ2v) is 5.66. The Bertz CT molecular complexity index is 585. The van der Waals surface area contributed by atoms with Crippen LogP contribution in [0.25, 0.3) is 0 Å². The van der Waals surface area contributed by atoms with Gasteiger partial charge in [-0.3, -0.25) is 14.4 Å². The van der Waals surface area contributed by atoms with E-state index in [-0.39, 0.29) is 24.9 Å². The summed E-state index contributed by atoms with van der Waals surface area (Å²) in [5, 5.41) is 7.91. The normalized spacial score (nSPS) is 10.3. The predicted molar refractivity (Wildman–Crippen MR) is 89.0 cm³/mol. The van der Waals surface area contributed by atoms with E-state index in [4.69, 9.17) is 5.73 Å². The minimum atomic E-state index is -0.394. The number of carbonyl (C=O) groups excluding carboxylic acids is 3. The molecule has 0 aliphatic rings.